The van der Waals surface area contributed by atoms with Gasteiger partial charge in [-0.05, 0) is 74.1 Å². The summed E-state index contributed by atoms with van der Waals surface area (Å²) >= 11 is 0. The molecule has 0 spiro atoms. The Hall–Kier alpha value is -3.01. The number of nitrogens with zero attached hydrogens (tertiary/aromatic N) is 1. The van der Waals surface area contributed by atoms with Crippen LogP contribution in [-0.4, -0.2) is 73.7 Å². The van der Waals surface area contributed by atoms with Gasteiger partial charge in [0.1, 0.15) is 6.04 Å². The van der Waals surface area contributed by atoms with Crippen molar-refractivity contribution in [1.29, 1.82) is 0 Å². The maximum atomic E-state index is 13.4. The van der Waals surface area contributed by atoms with E-state index in [0.717, 1.165) is 17.7 Å². The highest BCUT2D eigenvalue weighted by atomic mass is 19.4. The normalized spacial score (nSPS) is 15.8. The van der Waals surface area contributed by atoms with E-state index in [-0.39, 0.29) is 6.42 Å². The molecule has 2 aromatic rings. The van der Waals surface area contributed by atoms with E-state index in [1.807, 2.05) is 13.8 Å². The van der Waals surface area contributed by atoms with Crippen molar-refractivity contribution >= 4 is 30.1 Å². The average Bonchev–Trinajstić information content (AvgIpc) is 3.15. The van der Waals surface area contributed by atoms with Gasteiger partial charge in [0.05, 0.1) is 17.2 Å². The van der Waals surface area contributed by atoms with Crippen LogP contribution < -0.4 is 33.3 Å². The third kappa shape index (κ3) is 9.00. The lowest BCUT2D eigenvalue weighted by Gasteiger charge is -2.23. The van der Waals surface area contributed by atoms with Crippen LogP contribution in [0.4, 0.5) is 18.9 Å². The zero-order valence-electron chi connectivity index (χ0n) is 23.9. The fourth-order valence-electron chi connectivity index (χ4n) is 4.95. The summed E-state index contributed by atoms with van der Waals surface area (Å²) in [6, 6.07) is 7.30. The molecule has 0 radical (unpaired) electrons. The van der Waals surface area contributed by atoms with Crippen LogP contribution in [0.2, 0.25) is 0 Å². The van der Waals surface area contributed by atoms with E-state index in [1.165, 1.54) is 12.1 Å². The van der Waals surface area contributed by atoms with Gasteiger partial charge in [-0.1, -0.05) is 18.2 Å². The Bertz CT molecular complexity index is 1210. The zero-order chi connectivity index (χ0) is 31.1. The first-order valence-electron chi connectivity index (χ1n) is 13.9. The van der Waals surface area contributed by atoms with Gasteiger partial charge >= 0.3 is 13.3 Å². The number of nitrogens with two attached hydrogens (primary N) is 3. The van der Waals surface area contributed by atoms with Gasteiger partial charge in [0.15, 0.2) is 0 Å². The minimum Gasteiger partial charge on any atom is -0.423 e. The monoisotopic (exact) mass is 592 g/mol. The fourth-order valence-corrected chi connectivity index (χ4v) is 4.95. The molecular formula is C28H40BF3N6O4. The summed E-state index contributed by atoms with van der Waals surface area (Å²) in [6.07, 6.45) is -3.64. The molecule has 0 unspecified atom stereocenters. The zero-order valence-corrected chi connectivity index (χ0v) is 23.9. The lowest BCUT2D eigenvalue weighted by atomic mass is 9.78. The number of amides is 2. The Morgan fingerprint density at radius 3 is 2.29 bits per heavy atom. The minimum atomic E-state index is -4.50. The van der Waals surface area contributed by atoms with Crippen LogP contribution in [0.1, 0.15) is 43.4 Å². The Balaban J connectivity index is 1.73. The largest absolute Gasteiger partial charge is 0.492 e. The molecule has 1 aliphatic rings. The number of fused-ring (bicyclic) bond motifs is 1. The van der Waals surface area contributed by atoms with E-state index >= 15 is 0 Å². The van der Waals surface area contributed by atoms with Crippen molar-refractivity contribution < 1.29 is 32.4 Å². The van der Waals surface area contributed by atoms with Crippen LogP contribution in [0.15, 0.2) is 42.5 Å². The molecule has 0 aromatic heterocycles. The van der Waals surface area contributed by atoms with Gasteiger partial charge in [-0.25, -0.2) is 0 Å². The number of hydrogen-bond donors (Lipinski definition) is 6. The molecule has 2 atom stereocenters. The number of carbonyl (C=O) groups is 2. The number of hydrogen-bond acceptors (Lipinski definition) is 8. The van der Waals surface area contributed by atoms with Crippen molar-refractivity contribution in [2.45, 2.75) is 57.0 Å². The smallest absolute Gasteiger partial charge is 0.423 e. The first kappa shape index (κ1) is 33.5. The second-order valence-corrected chi connectivity index (χ2v) is 10.9. The van der Waals surface area contributed by atoms with Gasteiger partial charge in [0.25, 0.3) is 0 Å². The highest BCUT2D eigenvalue weighted by Crippen LogP contribution is 2.31. The first-order chi connectivity index (χ1) is 19.7. The Labute approximate surface area is 244 Å². The number of anilines is 1. The maximum absolute atomic E-state index is 13.4. The lowest BCUT2D eigenvalue weighted by molar-refractivity contribution is -0.137. The standard InChI is InChI=1S/C28H40BF3N6O4/c1-27(2)21-10-9-20(17-22(21)29(41)42-27)36-26(40)24(16-18-5-7-19(8-6-18)28(30,31)32)37-25(39)23(35)4-3-13-38(14-11-33)15-12-34/h5-10,17,23-24,41H,3-4,11-16,33-35H2,1-2H3,(H,36,40)(H,37,39)/t23-,24+/m0/s1. The molecule has 1 heterocycles. The molecule has 0 saturated heterocycles. The van der Waals surface area contributed by atoms with Crippen molar-refractivity contribution in [3.63, 3.8) is 0 Å². The predicted octanol–water partition coefficient (Wildman–Crippen LogP) is 0.651. The second kappa shape index (κ2) is 14.4. The van der Waals surface area contributed by atoms with Crippen LogP contribution in [0, 0.1) is 0 Å². The number of alkyl halides is 3. The molecule has 230 valence electrons. The molecule has 3 rings (SSSR count). The summed E-state index contributed by atoms with van der Waals surface area (Å²) < 4.78 is 44.7. The van der Waals surface area contributed by atoms with Gasteiger partial charge in [-0.15, -0.1) is 0 Å². The molecule has 0 bridgehead atoms. The molecular weight excluding hydrogens is 552 g/mol. The van der Waals surface area contributed by atoms with Crippen molar-refractivity contribution in [3.8, 4) is 0 Å². The summed E-state index contributed by atoms with van der Waals surface area (Å²) in [6.45, 7) is 6.55. The topological polar surface area (TPSA) is 169 Å². The second-order valence-electron chi connectivity index (χ2n) is 10.9. The highest BCUT2D eigenvalue weighted by molar-refractivity contribution is 6.62. The van der Waals surface area contributed by atoms with E-state index in [1.54, 1.807) is 18.2 Å². The number of benzene rings is 2. The van der Waals surface area contributed by atoms with Gasteiger partial charge in [-0.2, -0.15) is 13.2 Å². The van der Waals surface area contributed by atoms with Crippen LogP contribution in [0.25, 0.3) is 0 Å². The van der Waals surface area contributed by atoms with Crippen LogP contribution >= 0.6 is 0 Å². The Morgan fingerprint density at radius 2 is 1.69 bits per heavy atom. The van der Waals surface area contributed by atoms with Crippen molar-refractivity contribution in [2.75, 3.05) is 38.0 Å². The molecule has 0 aliphatic carbocycles. The molecule has 42 heavy (non-hydrogen) atoms. The van der Waals surface area contributed by atoms with E-state index < -0.39 is 48.4 Å². The van der Waals surface area contributed by atoms with Crippen LogP contribution in [-0.2, 0) is 32.4 Å². The number of halogens is 3. The molecule has 2 aromatic carbocycles. The predicted molar refractivity (Wildman–Crippen MR) is 156 cm³/mol. The Morgan fingerprint density at radius 1 is 1.05 bits per heavy atom. The lowest BCUT2D eigenvalue weighted by Crippen LogP contribution is -2.51. The molecule has 10 nitrogen and oxygen atoms in total. The van der Waals surface area contributed by atoms with E-state index in [9.17, 15) is 27.8 Å². The molecule has 14 heteroatoms. The molecule has 0 saturated carbocycles. The average molecular weight is 592 g/mol. The van der Waals surface area contributed by atoms with Gasteiger partial charge in [0.2, 0.25) is 11.8 Å². The van der Waals surface area contributed by atoms with Crippen LogP contribution in [0.3, 0.4) is 0 Å². The number of carbonyl (C=O) groups excluding carboxylic acids is 2. The summed E-state index contributed by atoms with van der Waals surface area (Å²) in [7, 11) is -1.17. The fraction of sp³-hybridized carbons (Fsp3) is 0.500. The number of nitrogens with one attached hydrogen (secondary N) is 2. The van der Waals surface area contributed by atoms with E-state index in [0.29, 0.717) is 62.3 Å². The number of rotatable bonds is 14. The van der Waals surface area contributed by atoms with Gasteiger partial charge < -0.3 is 42.4 Å². The van der Waals surface area contributed by atoms with Crippen molar-refractivity contribution in [3.05, 3.63) is 59.2 Å². The van der Waals surface area contributed by atoms with Gasteiger partial charge in [0, 0.05) is 38.3 Å². The van der Waals surface area contributed by atoms with Gasteiger partial charge in [-0.3, -0.25) is 9.59 Å². The summed E-state index contributed by atoms with van der Waals surface area (Å²) in [4.78, 5) is 28.5. The third-order valence-corrected chi connectivity index (χ3v) is 7.21. The maximum Gasteiger partial charge on any atom is 0.492 e. The molecule has 2 amide bonds. The summed E-state index contributed by atoms with van der Waals surface area (Å²) in [5.74, 6) is -1.16. The third-order valence-electron chi connectivity index (χ3n) is 7.21. The molecule has 0 fully saturated rings. The SMILES string of the molecule is CC1(C)OB(O)c2cc(NC(=O)[C@@H](Cc3ccc(C(F)(F)F)cc3)NC(=O)[C@@H](N)CCCN(CCN)CCN)ccc21. The van der Waals surface area contributed by atoms with Crippen molar-refractivity contribution in [1.82, 2.24) is 10.2 Å². The molecule has 9 N–H and O–H groups in total. The first-order valence-corrected chi connectivity index (χ1v) is 13.9. The highest BCUT2D eigenvalue weighted by Gasteiger charge is 2.40. The summed E-state index contributed by atoms with van der Waals surface area (Å²) in [5.41, 5.74) is 17.9. The Kier molecular flexibility index (Phi) is 11.5. The van der Waals surface area contributed by atoms with Crippen LogP contribution in [0.5, 0.6) is 0 Å². The minimum absolute atomic E-state index is 0.0765. The van der Waals surface area contributed by atoms with E-state index in [2.05, 4.69) is 15.5 Å². The van der Waals surface area contributed by atoms with Crippen molar-refractivity contribution in [2.24, 2.45) is 17.2 Å². The summed E-state index contributed by atoms with van der Waals surface area (Å²) in [5, 5.41) is 15.7. The van der Waals surface area contributed by atoms with E-state index in [4.69, 9.17) is 21.9 Å². The molecule has 1 aliphatic heterocycles. The quantitative estimate of drug-likeness (QED) is 0.174.